The highest BCUT2D eigenvalue weighted by Crippen LogP contribution is 2.24. The Bertz CT molecular complexity index is 625. The number of halogens is 1. The molecule has 1 saturated heterocycles. The molecule has 1 unspecified atom stereocenters. The van der Waals surface area contributed by atoms with E-state index in [2.05, 4.69) is 44.6 Å². The first-order valence-corrected chi connectivity index (χ1v) is 10.2. The van der Waals surface area contributed by atoms with Gasteiger partial charge >= 0.3 is 0 Å². The molecule has 0 spiro atoms. The van der Waals surface area contributed by atoms with Crippen LogP contribution in [0.3, 0.4) is 0 Å². The van der Waals surface area contributed by atoms with E-state index in [4.69, 9.17) is 14.2 Å². The lowest BCUT2D eigenvalue weighted by atomic mass is 10.2. The number of rotatable bonds is 11. The third-order valence-corrected chi connectivity index (χ3v) is 5.12. The Kier molecular flexibility index (Phi) is 13.1. The summed E-state index contributed by atoms with van der Waals surface area (Å²) in [5.41, 5.74) is 1.20. The first-order chi connectivity index (χ1) is 14.1. The van der Waals surface area contributed by atoms with Crippen molar-refractivity contribution in [2.45, 2.75) is 19.0 Å². The molecule has 30 heavy (non-hydrogen) atoms. The highest BCUT2D eigenvalue weighted by molar-refractivity contribution is 14.0. The van der Waals surface area contributed by atoms with Crippen LogP contribution in [0.25, 0.3) is 0 Å². The summed E-state index contributed by atoms with van der Waals surface area (Å²) in [4.78, 5) is 9.05. The quantitative estimate of drug-likeness (QED) is 0.254. The molecule has 0 aliphatic carbocycles. The predicted octanol–water partition coefficient (Wildman–Crippen LogP) is 1.64. The van der Waals surface area contributed by atoms with Gasteiger partial charge < -0.3 is 29.7 Å². The number of nitrogens with zero attached hydrogens (tertiary/aromatic N) is 3. The maximum Gasteiger partial charge on any atom is 0.191 e. The maximum atomic E-state index is 5.38. The summed E-state index contributed by atoms with van der Waals surface area (Å²) < 4.78 is 15.9. The van der Waals surface area contributed by atoms with E-state index in [0.717, 1.165) is 69.8 Å². The number of likely N-dealkylation sites (N-methyl/N-ethyl adjacent to an activating group) is 1. The van der Waals surface area contributed by atoms with Crippen LogP contribution in [-0.2, 0) is 11.3 Å². The number of guanidine groups is 1. The number of hydrogen-bond donors (Lipinski definition) is 2. The molecule has 0 saturated carbocycles. The molecule has 2 N–H and O–H groups in total. The van der Waals surface area contributed by atoms with Crippen molar-refractivity contribution in [3.8, 4) is 11.5 Å². The zero-order valence-electron chi connectivity index (χ0n) is 18.9. The van der Waals surface area contributed by atoms with Gasteiger partial charge in [-0.15, -0.1) is 24.0 Å². The molecule has 1 atom stereocenters. The summed E-state index contributed by atoms with van der Waals surface area (Å²) in [6, 6.07) is 6.44. The lowest BCUT2D eigenvalue weighted by Crippen LogP contribution is -2.46. The molecule has 1 aromatic carbocycles. The molecular formula is C21H38IN5O3. The molecule has 1 fully saturated rings. The minimum absolute atomic E-state index is 0. The number of likely N-dealkylation sites (tertiary alicyclic amines) is 1. The minimum atomic E-state index is 0. The molecule has 0 aromatic heterocycles. The van der Waals surface area contributed by atoms with E-state index in [-0.39, 0.29) is 24.0 Å². The second-order valence-corrected chi connectivity index (χ2v) is 7.38. The zero-order chi connectivity index (χ0) is 21.1. The molecule has 9 heteroatoms. The van der Waals surface area contributed by atoms with Gasteiger partial charge in [0, 0.05) is 65.5 Å². The van der Waals surface area contributed by atoms with Crippen LogP contribution in [0.15, 0.2) is 23.2 Å². The van der Waals surface area contributed by atoms with Crippen molar-refractivity contribution in [1.29, 1.82) is 0 Å². The second kappa shape index (κ2) is 14.7. The van der Waals surface area contributed by atoms with Crippen molar-refractivity contribution in [3.05, 3.63) is 23.8 Å². The van der Waals surface area contributed by atoms with Gasteiger partial charge in [0.05, 0.1) is 20.8 Å². The van der Waals surface area contributed by atoms with E-state index in [9.17, 15) is 0 Å². The summed E-state index contributed by atoms with van der Waals surface area (Å²) in [6.45, 7) is 6.37. The van der Waals surface area contributed by atoms with E-state index in [0.29, 0.717) is 6.04 Å². The predicted molar refractivity (Wildman–Crippen MR) is 133 cm³/mol. The average Bonchev–Trinajstić information content (AvgIpc) is 3.17. The van der Waals surface area contributed by atoms with Crippen LogP contribution in [0, 0.1) is 0 Å². The Morgan fingerprint density at radius 2 is 1.87 bits per heavy atom. The Balaban J connectivity index is 0.00000450. The van der Waals surface area contributed by atoms with Crippen molar-refractivity contribution in [3.63, 3.8) is 0 Å². The molecule has 0 amide bonds. The van der Waals surface area contributed by atoms with Gasteiger partial charge in [0.1, 0.15) is 11.5 Å². The Morgan fingerprint density at radius 1 is 1.17 bits per heavy atom. The van der Waals surface area contributed by atoms with Crippen molar-refractivity contribution in [2.24, 2.45) is 4.99 Å². The van der Waals surface area contributed by atoms with E-state index in [1.807, 2.05) is 13.1 Å². The smallest absolute Gasteiger partial charge is 0.191 e. The molecule has 1 aromatic rings. The number of ether oxygens (including phenoxy) is 3. The standard InChI is InChI=1S/C21H37N5O3.HI/c1-22-21(23-7-9-25(2)10-11-27-3)24-18-6-8-26(16-18)15-17-12-19(28-4)14-20(13-17)29-5;/h12-14,18H,6-11,15-16H2,1-5H3,(H2,22,23,24);1H. The van der Waals surface area contributed by atoms with Gasteiger partial charge in [-0.3, -0.25) is 9.89 Å². The van der Waals surface area contributed by atoms with Gasteiger partial charge in [-0.25, -0.2) is 0 Å². The fourth-order valence-corrected chi connectivity index (χ4v) is 3.42. The second-order valence-electron chi connectivity index (χ2n) is 7.38. The largest absolute Gasteiger partial charge is 0.497 e. The molecular weight excluding hydrogens is 497 g/mol. The lowest BCUT2D eigenvalue weighted by molar-refractivity contribution is 0.162. The number of hydrogen-bond acceptors (Lipinski definition) is 6. The number of methoxy groups -OCH3 is 3. The summed E-state index contributed by atoms with van der Waals surface area (Å²) in [5, 5.41) is 6.95. The van der Waals surface area contributed by atoms with Crippen molar-refractivity contribution in [2.75, 3.05) is 74.8 Å². The molecule has 8 nitrogen and oxygen atoms in total. The SMILES string of the molecule is CN=C(NCCN(C)CCOC)NC1CCN(Cc2cc(OC)cc(OC)c2)C1.I. The summed E-state index contributed by atoms with van der Waals surface area (Å²) in [5.74, 6) is 2.52. The monoisotopic (exact) mass is 535 g/mol. The van der Waals surface area contributed by atoms with Crippen LogP contribution in [0.2, 0.25) is 0 Å². The van der Waals surface area contributed by atoms with Gasteiger partial charge in [-0.1, -0.05) is 0 Å². The first-order valence-electron chi connectivity index (χ1n) is 10.2. The summed E-state index contributed by atoms with van der Waals surface area (Å²) in [7, 11) is 9.01. The van der Waals surface area contributed by atoms with E-state index in [1.165, 1.54) is 5.56 Å². The average molecular weight is 535 g/mol. The maximum absolute atomic E-state index is 5.38. The van der Waals surface area contributed by atoms with Crippen LogP contribution in [0.4, 0.5) is 0 Å². The molecule has 0 radical (unpaired) electrons. The van der Waals surface area contributed by atoms with Crippen LogP contribution < -0.4 is 20.1 Å². The van der Waals surface area contributed by atoms with Gasteiger partial charge in [0.25, 0.3) is 0 Å². The third kappa shape index (κ3) is 9.23. The first kappa shape index (κ1) is 26.7. The molecule has 1 aliphatic rings. The van der Waals surface area contributed by atoms with Gasteiger partial charge in [-0.05, 0) is 31.2 Å². The van der Waals surface area contributed by atoms with Crippen LogP contribution in [0.5, 0.6) is 11.5 Å². The zero-order valence-corrected chi connectivity index (χ0v) is 21.3. The van der Waals surface area contributed by atoms with E-state index >= 15 is 0 Å². The van der Waals surface area contributed by atoms with Crippen molar-refractivity contribution in [1.82, 2.24) is 20.4 Å². The minimum Gasteiger partial charge on any atom is -0.497 e. The van der Waals surface area contributed by atoms with Crippen LogP contribution in [-0.4, -0.2) is 96.6 Å². The summed E-state index contributed by atoms with van der Waals surface area (Å²) >= 11 is 0. The molecule has 172 valence electrons. The van der Waals surface area contributed by atoms with Crippen LogP contribution in [0.1, 0.15) is 12.0 Å². The van der Waals surface area contributed by atoms with Gasteiger partial charge in [-0.2, -0.15) is 0 Å². The Hall–Kier alpha value is -1.30. The number of aliphatic imine (C=N–C) groups is 1. The van der Waals surface area contributed by atoms with E-state index < -0.39 is 0 Å². The van der Waals surface area contributed by atoms with Crippen LogP contribution >= 0.6 is 24.0 Å². The molecule has 1 aliphatic heterocycles. The molecule has 1 heterocycles. The fraction of sp³-hybridized carbons (Fsp3) is 0.667. The highest BCUT2D eigenvalue weighted by Gasteiger charge is 2.23. The molecule has 0 bridgehead atoms. The normalized spacial score (nSPS) is 17.0. The fourth-order valence-electron chi connectivity index (χ4n) is 3.42. The Morgan fingerprint density at radius 3 is 2.47 bits per heavy atom. The lowest BCUT2D eigenvalue weighted by Gasteiger charge is -2.21. The molecule has 2 rings (SSSR count). The third-order valence-electron chi connectivity index (χ3n) is 5.12. The number of nitrogens with one attached hydrogen (secondary N) is 2. The number of benzene rings is 1. The highest BCUT2D eigenvalue weighted by atomic mass is 127. The van der Waals surface area contributed by atoms with Crippen molar-refractivity contribution < 1.29 is 14.2 Å². The topological polar surface area (TPSA) is 70.6 Å². The summed E-state index contributed by atoms with van der Waals surface area (Å²) in [6.07, 6.45) is 1.09. The van der Waals surface area contributed by atoms with E-state index in [1.54, 1.807) is 21.3 Å². The van der Waals surface area contributed by atoms with Gasteiger partial charge in [0.2, 0.25) is 0 Å². The Labute approximate surface area is 198 Å². The van der Waals surface area contributed by atoms with Crippen molar-refractivity contribution >= 4 is 29.9 Å². The van der Waals surface area contributed by atoms with Gasteiger partial charge in [0.15, 0.2) is 5.96 Å².